The second-order valence-corrected chi connectivity index (χ2v) is 9.76. The van der Waals surface area contributed by atoms with Gasteiger partial charge in [-0.3, -0.25) is 9.36 Å². The van der Waals surface area contributed by atoms with Gasteiger partial charge in [-0.2, -0.15) is 0 Å². The molecule has 1 unspecified atom stereocenters. The van der Waals surface area contributed by atoms with Gasteiger partial charge in [-0.15, -0.1) is 0 Å². The number of rotatable bonds is 8. The third kappa shape index (κ3) is 4.99. The molecule has 1 saturated carbocycles. The average Bonchev–Trinajstić information content (AvgIpc) is 3.40. The molecule has 38 heavy (non-hydrogen) atoms. The van der Waals surface area contributed by atoms with Gasteiger partial charge in [-0.25, -0.2) is 14.0 Å². The summed E-state index contributed by atoms with van der Waals surface area (Å²) >= 11 is 5.83. The predicted molar refractivity (Wildman–Crippen MR) is 139 cm³/mol. The zero-order valence-corrected chi connectivity index (χ0v) is 21.3. The quantitative estimate of drug-likeness (QED) is 0.373. The molecule has 1 aliphatic carbocycles. The zero-order chi connectivity index (χ0) is 27.0. The molecule has 1 aliphatic heterocycles. The summed E-state index contributed by atoms with van der Waals surface area (Å²) < 4.78 is 26.2. The maximum atomic E-state index is 14.2. The number of hydrogen-bond acceptors (Lipinski definition) is 5. The third-order valence-electron chi connectivity index (χ3n) is 6.94. The maximum absolute atomic E-state index is 14.2. The van der Waals surface area contributed by atoms with Gasteiger partial charge in [-0.05, 0) is 43.0 Å². The highest BCUT2D eigenvalue weighted by Crippen LogP contribution is 2.48. The fraction of sp³-hybridized carbons (Fsp3) is 0.346. The molecule has 3 aromatic rings. The van der Waals surface area contributed by atoms with Crippen LogP contribution in [0.1, 0.15) is 18.4 Å². The summed E-state index contributed by atoms with van der Waals surface area (Å²) in [4.78, 5) is 40.0. The molecule has 1 aromatic heterocycles. The highest BCUT2D eigenvalue weighted by atomic mass is 35.5. The van der Waals surface area contributed by atoms with Crippen molar-refractivity contribution >= 4 is 46.2 Å². The molecule has 10 nitrogen and oxygen atoms in total. The molecule has 200 valence electrons. The number of anilines is 1. The lowest BCUT2D eigenvalue weighted by atomic mass is 10.1. The van der Waals surface area contributed by atoms with Crippen molar-refractivity contribution < 1.29 is 28.2 Å². The van der Waals surface area contributed by atoms with Gasteiger partial charge in [0.1, 0.15) is 24.2 Å². The lowest BCUT2D eigenvalue weighted by Gasteiger charge is -2.27. The Kier molecular flexibility index (Phi) is 7.13. The number of amides is 4. The van der Waals surface area contributed by atoms with Crippen LogP contribution in [0.4, 0.5) is 19.7 Å². The first kappa shape index (κ1) is 25.8. The van der Waals surface area contributed by atoms with E-state index in [2.05, 4.69) is 10.6 Å². The van der Waals surface area contributed by atoms with Crippen molar-refractivity contribution in [3.63, 3.8) is 0 Å². The molecule has 5 rings (SSSR count). The van der Waals surface area contributed by atoms with E-state index >= 15 is 0 Å². The van der Waals surface area contributed by atoms with Crippen molar-refractivity contribution in [1.29, 1.82) is 0 Å². The molecule has 4 amide bonds. The number of primary amides is 1. The van der Waals surface area contributed by atoms with Crippen molar-refractivity contribution in [2.45, 2.75) is 31.5 Å². The number of aromatic nitrogens is 1. The van der Waals surface area contributed by atoms with E-state index in [1.807, 2.05) is 0 Å². The van der Waals surface area contributed by atoms with Crippen LogP contribution in [0.5, 0.6) is 5.75 Å². The van der Waals surface area contributed by atoms with Crippen LogP contribution in [-0.4, -0.2) is 59.8 Å². The van der Waals surface area contributed by atoms with Crippen molar-refractivity contribution in [2.24, 2.45) is 11.7 Å². The number of nitrogens with one attached hydrogen (secondary N) is 2. The summed E-state index contributed by atoms with van der Waals surface area (Å²) in [5.41, 5.74) is 6.64. The molecular weight excluding hydrogens is 517 g/mol. The minimum Gasteiger partial charge on any atom is -0.491 e. The second-order valence-electron chi connectivity index (χ2n) is 9.35. The number of halogens is 2. The van der Waals surface area contributed by atoms with Crippen LogP contribution in [-0.2, 0) is 16.1 Å². The van der Waals surface area contributed by atoms with Crippen molar-refractivity contribution in [2.75, 3.05) is 25.6 Å². The van der Waals surface area contributed by atoms with E-state index < -0.39 is 23.9 Å². The number of methoxy groups -OCH3 is 1. The smallest absolute Gasteiger partial charge is 0.323 e. The van der Waals surface area contributed by atoms with Gasteiger partial charge in [0, 0.05) is 36.8 Å². The summed E-state index contributed by atoms with van der Waals surface area (Å²) in [6, 6.07) is 7.70. The number of hydrogen-bond donors (Lipinski definition) is 3. The van der Waals surface area contributed by atoms with Crippen LogP contribution < -0.4 is 21.1 Å². The van der Waals surface area contributed by atoms with Crippen molar-refractivity contribution in [3.05, 3.63) is 59.0 Å². The monoisotopic (exact) mass is 543 g/mol. The van der Waals surface area contributed by atoms with Gasteiger partial charge in [0.05, 0.1) is 22.8 Å². The van der Waals surface area contributed by atoms with E-state index in [-0.39, 0.29) is 35.0 Å². The molecule has 2 aromatic carbocycles. The minimum atomic E-state index is -0.711. The fourth-order valence-corrected chi connectivity index (χ4v) is 5.17. The number of carbonyl (C=O) groups excluding carboxylic acids is 3. The molecule has 12 heteroatoms. The molecule has 3 atom stereocenters. The molecule has 2 aliphatic rings. The van der Waals surface area contributed by atoms with Crippen LogP contribution in [0.15, 0.2) is 42.6 Å². The number of nitrogens with zero attached hydrogens (tertiary/aromatic N) is 2. The van der Waals surface area contributed by atoms with Gasteiger partial charge in [0.25, 0.3) is 0 Å². The lowest BCUT2D eigenvalue weighted by molar-refractivity contribution is -0.125. The van der Waals surface area contributed by atoms with Crippen LogP contribution in [0, 0.1) is 11.7 Å². The van der Waals surface area contributed by atoms with E-state index in [0.29, 0.717) is 42.0 Å². The third-order valence-corrected chi connectivity index (χ3v) is 7.23. The SMILES string of the molecule is COCCOc1ccc2c(c1)c(NC(=O)N1[C@@H]3CC3C[C@H]1C(=O)NCc1cccc(Cl)c1F)cn2C(N)=O. The van der Waals surface area contributed by atoms with Crippen molar-refractivity contribution in [3.8, 4) is 5.75 Å². The molecule has 2 heterocycles. The average molecular weight is 544 g/mol. The number of piperidine rings is 1. The summed E-state index contributed by atoms with van der Waals surface area (Å²) in [7, 11) is 1.57. The van der Waals surface area contributed by atoms with Gasteiger partial charge < -0.3 is 30.7 Å². The number of fused-ring (bicyclic) bond motifs is 2. The van der Waals surface area contributed by atoms with Crippen molar-refractivity contribution in [1.82, 2.24) is 14.8 Å². The summed E-state index contributed by atoms with van der Waals surface area (Å²) in [6.45, 7) is 0.673. The maximum Gasteiger partial charge on any atom is 0.323 e. The van der Waals surface area contributed by atoms with E-state index in [4.69, 9.17) is 26.8 Å². The highest BCUT2D eigenvalue weighted by Gasteiger charge is 2.56. The Hall–Kier alpha value is -3.83. The first-order chi connectivity index (χ1) is 18.3. The van der Waals surface area contributed by atoms with Crippen LogP contribution >= 0.6 is 11.6 Å². The largest absolute Gasteiger partial charge is 0.491 e. The van der Waals surface area contributed by atoms with Gasteiger partial charge >= 0.3 is 12.1 Å². The van der Waals surface area contributed by atoms with E-state index in [0.717, 1.165) is 6.42 Å². The Morgan fingerprint density at radius 3 is 2.76 bits per heavy atom. The van der Waals surface area contributed by atoms with E-state index in [9.17, 15) is 18.8 Å². The predicted octanol–water partition coefficient (Wildman–Crippen LogP) is 3.70. The molecule has 0 bridgehead atoms. The topological polar surface area (TPSA) is 128 Å². The Morgan fingerprint density at radius 2 is 2.00 bits per heavy atom. The zero-order valence-electron chi connectivity index (χ0n) is 20.6. The highest BCUT2D eigenvalue weighted by molar-refractivity contribution is 6.30. The van der Waals surface area contributed by atoms with Gasteiger partial charge in [-0.1, -0.05) is 23.7 Å². The number of carbonyl (C=O) groups is 3. The number of likely N-dealkylation sites (tertiary alicyclic amines) is 1. The number of urea groups is 1. The molecule has 2 fully saturated rings. The van der Waals surface area contributed by atoms with E-state index in [1.54, 1.807) is 37.4 Å². The minimum absolute atomic E-state index is 0.0257. The number of nitrogens with two attached hydrogens (primary N) is 1. The standard InChI is InChI=1S/C26H27ClFN5O5/c1-37-7-8-38-16-5-6-20-17(11-16)19(13-32(20)25(29)35)31-26(36)33-21-9-15(21)10-22(33)24(34)30-12-14-3-2-4-18(27)23(14)28/h2-6,11,13,15,21-22H,7-10,12H2,1H3,(H2,29,35)(H,30,34)(H,31,36)/t15?,21-,22+/m1/s1. The Balaban J connectivity index is 1.34. The summed E-state index contributed by atoms with van der Waals surface area (Å²) in [5.74, 6) is -0.205. The van der Waals surface area contributed by atoms with E-state index in [1.165, 1.54) is 21.7 Å². The molecule has 1 saturated heterocycles. The Morgan fingerprint density at radius 1 is 1.18 bits per heavy atom. The Bertz CT molecular complexity index is 1410. The molecule has 4 N–H and O–H groups in total. The van der Waals surface area contributed by atoms with Crippen LogP contribution in [0.25, 0.3) is 10.9 Å². The lowest BCUT2D eigenvalue weighted by Crippen LogP contribution is -2.49. The number of benzene rings is 2. The summed E-state index contributed by atoms with van der Waals surface area (Å²) in [5, 5.41) is 6.10. The first-order valence-electron chi connectivity index (χ1n) is 12.1. The van der Waals surface area contributed by atoms with Gasteiger partial charge in [0.2, 0.25) is 5.91 Å². The molecule has 0 spiro atoms. The second kappa shape index (κ2) is 10.5. The normalized spacial score (nSPS) is 19.8. The van der Waals surface area contributed by atoms with Crippen LogP contribution in [0.2, 0.25) is 5.02 Å². The fourth-order valence-electron chi connectivity index (χ4n) is 4.97. The first-order valence-corrected chi connectivity index (χ1v) is 12.5. The van der Waals surface area contributed by atoms with Crippen LogP contribution in [0.3, 0.4) is 0 Å². The molecular formula is C26H27ClFN5O5. The Labute approximate surface area is 222 Å². The molecule has 0 radical (unpaired) electrons. The number of ether oxygens (including phenoxy) is 2. The summed E-state index contributed by atoms with van der Waals surface area (Å²) in [6.07, 6.45) is 2.77. The van der Waals surface area contributed by atoms with Gasteiger partial charge in [0.15, 0.2) is 0 Å².